The smallest absolute Gasteiger partial charge is 0.269 e. The van der Waals surface area contributed by atoms with Crippen LogP contribution in [-0.4, -0.2) is 30.9 Å². The number of para-hydroxylation sites is 1. The number of nitrogens with two attached hydrogens (primary N) is 1. The average Bonchev–Trinajstić information content (AvgIpc) is 3.30. The summed E-state index contributed by atoms with van der Waals surface area (Å²) < 4.78 is 6.48. The molecular weight excluding hydrogens is 358 g/mol. The first kappa shape index (κ1) is 17.5. The number of carbonyl (C=O) groups is 1. The summed E-state index contributed by atoms with van der Waals surface area (Å²) in [5.41, 5.74) is 7.77. The van der Waals surface area contributed by atoms with E-state index in [4.69, 9.17) is 10.3 Å². The Morgan fingerprint density at radius 1 is 1.25 bits per heavy atom. The number of aryl methyl sites for hydroxylation is 1. The minimum absolute atomic E-state index is 0.116. The van der Waals surface area contributed by atoms with Gasteiger partial charge in [0.25, 0.3) is 5.91 Å². The SMILES string of the molecule is Cc1nc([C@H](O)C#Cc2cccc(-n3nc(C(N)=O)c4ccccc43)c2)no1. The Bertz CT molecular complexity index is 1250. The lowest BCUT2D eigenvalue weighted by molar-refractivity contribution is 0.0996. The summed E-state index contributed by atoms with van der Waals surface area (Å²) >= 11 is 0. The van der Waals surface area contributed by atoms with Gasteiger partial charge in [-0.1, -0.05) is 41.3 Å². The van der Waals surface area contributed by atoms with Crippen molar-refractivity contribution in [3.63, 3.8) is 0 Å². The number of fused-ring (bicyclic) bond motifs is 1. The van der Waals surface area contributed by atoms with Gasteiger partial charge in [-0.3, -0.25) is 4.79 Å². The highest BCUT2D eigenvalue weighted by molar-refractivity contribution is 6.04. The van der Waals surface area contributed by atoms with Crippen molar-refractivity contribution in [3.8, 4) is 17.5 Å². The summed E-state index contributed by atoms with van der Waals surface area (Å²) in [7, 11) is 0. The molecule has 4 aromatic rings. The molecule has 0 saturated carbocycles. The molecule has 2 heterocycles. The highest BCUT2D eigenvalue weighted by Crippen LogP contribution is 2.22. The first-order chi connectivity index (χ1) is 13.5. The molecule has 3 N–H and O–H groups in total. The summed E-state index contributed by atoms with van der Waals surface area (Å²) in [4.78, 5) is 15.7. The Hall–Kier alpha value is -3.96. The summed E-state index contributed by atoms with van der Waals surface area (Å²) in [6.07, 6.45) is -1.16. The van der Waals surface area contributed by atoms with Gasteiger partial charge in [0.1, 0.15) is 0 Å². The van der Waals surface area contributed by atoms with E-state index in [0.717, 1.165) is 5.52 Å². The van der Waals surface area contributed by atoms with Gasteiger partial charge >= 0.3 is 0 Å². The zero-order valence-electron chi connectivity index (χ0n) is 14.8. The van der Waals surface area contributed by atoms with Crippen LogP contribution in [0.15, 0.2) is 53.1 Å². The van der Waals surface area contributed by atoms with Crippen molar-refractivity contribution >= 4 is 16.8 Å². The van der Waals surface area contributed by atoms with E-state index in [2.05, 4.69) is 27.1 Å². The van der Waals surface area contributed by atoms with Crippen LogP contribution in [0.25, 0.3) is 16.6 Å². The fourth-order valence-corrected chi connectivity index (χ4v) is 2.80. The monoisotopic (exact) mass is 373 g/mol. The molecule has 0 aliphatic heterocycles. The molecular formula is C20H15N5O3. The molecule has 0 saturated heterocycles. The van der Waals surface area contributed by atoms with Gasteiger partial charge in [-0.05, 0) is 24.3 Å². The molecule has 8 heteroatoms. The van der Waals surface area contributed by atoms with Crippen LogP contribution in [-0.2, 0) is 0 Å². The minimum Gasteiger partial charge on any atom is -0.373 e. The maximum Gasteiger partial charge on any atom is 0.269 e. The highest BCUT2D eigenvalue weighted by Gasteiger charge is 2.15. The second-order valence-corrected chi connectivity index (χ2v) is 6.04. The number of aliphatic hydroxyl groups is 1. The largest absolute Gasteiger partial charge is 0.373 e. The van der Waals surface area contributed by atoms with E-state index in [9.17, 15) is 9.90 Å². The zero-order valence-corrected chi connectivity index (χ0v) is 14.8. The molecule has 2 aromatic heterocycles. The van der Waals surface area contributed by atoms with Crippen molar-refractivity contribution in [1.82, 2.24) is 19.9 Å². The molecule has 138 valence electrons. The average molecular weight is 373 g/mol. The van der Waals surface area contributed by atoms with Crippen LogP contribution in [0, 0.1) is 18.8 Å². The van der Waals surface area contributed by atoms with Crippen LogP contribution < -0.4 is 5.73 Å². The Morgan fingerprint density at radius 3 is 2.82 bits per heavy atom. The van der Waals surface area contributed by atoms with E-state index in [0.29, 0.717) is 22.5 Å². The number of hydrogen-bond acceptors (Lipinski definition) is 6. The number of hydrogen-bond donors (Lipinski definition) is 2. The molecule has 1 amide bonds. The number of benzene rings is 2. The third kappa shape index (κ3) is 3.22. The predicted molar refractivity (Wildman–Crippen MR) is 100 cm³/mol. The molecule has 28 heavy (non-hydrogen) atoms. The van der Waals surface area contributed by atoms with Gasteiger partial charge in [0.15, 0.2) is 11.8 Å². The van der Waals surface area contributed by atoms with Crippen LogP contribution in [0.5, 0.6) is 0 Å². The molecule has 0 aliphatic carbocycles. The van der Waals surface area contributed by atoms with Gasteiger partial charge in [-0.15, -0.1) is 0 Å². The van der Waals surface area contributed by atoms with E-state index < -0.39 is 12.0 Å². The van der Waals surface area contributed by atoms with Gasteiger partial charge in [-0.2, -0.15) is 10.1 Å². The fraction of sp³-hybridized carbons (Fsp3) is 0.100. The molecule has 0 bridgehead atoms. The molecule has 8 nitrogen and oxygen atoms in total. The first-order valence-electron chi connectivity index (χ1n) is 8.41. The summed E-state index contributed by atoms with van der Waals surface area (Å²) in [6, 6.07) is 14.6. The summed E-state index contributed by atoms with van der Waals surface area (Å²) in [6.45, 7) is 1.63. The second-order valence-electron chi connectivity index (χ2n) is 6.04. The maximum atomic E-state index is 11.7. The van der Waals surface area contributed by atoms with Crippen molar-refractivity contribution < 1.29 is 14.4 Å². The number of nitrogens with zero attached hydrogens (tertiary/aromatic N) is 4. The van der Waals surface area contributed by atoms with Crippen LogP contribution >= 0.6 is 0 Å². The van der Waals surface area contributed by atoms with Gasteiger partial charge in [-0.25, -0.2) is 4.68 Å². The number of amides is 1. The van der Waals surface area contributed by atoms with Crippen molar-refractivity contribution in [2.75, 3.05) is 0 Å². The normalized spacial score (nSPS) is 11.8. The number of carbonyl (C=O) groups excluding carboxylic acids is 1. The van der Waals surface area contributed by atoms with Gasteiger partial charge in [0, 0.05) is 17.9 Å². The lowest BCUT2D eigenvalue weighted by Gasteiger charge is -2.04. The molecule has 0 radical (unpaired) electrons. The van der Waals surface area contributed by atoms with Crippen LogP contribution in [0.3, 0.4) is 0 Å². The zero-order chi connectivity index (χ0) is 19.7. The number of rotatable bonds is 3. The van der Waals surface area contributed by atoms with Crippen LogP contribution in [0.4, 0.5) is 0 Å². The standard InChI is InChI=1S/C20H15N5O3/c1-12-22-20(24-28-12)17(26)10-9-13-5-4-6-14(11-13)25-16-8-3-2-7-15(16)18(23-25)19(21)27/h2-8,11,17,26H,1H3,(H2,21,27)/t17-/m1/s1. The van der Waals surface area contributed by atoms with E-state index >= 15 is 0 Å². The maximum absolute atomic E-state index is 11.7. The molecule has 0 aliphatic rings. The topological polar surface area (TPSA) is 120 Å². The molecule has 0 fully saturated rings. The fourth-order valence-electron chi connectivity index (χ4n) is 2.80. The third-order valence-corrected chi connectivity index (χ3v) is 4.05. The van der Waals surface area contributed by atoms with E-state index in [1.165, 1.54) is 0 Å². The molecule has 0 unspecified atom stereocenters. The molecule has 1 atom stereocenters. The van der Waals surface area contributed by atoms with E-state index in [-0.39, 0.29) is 11.5 Å². The lowest BCUT2D eigenvalue weighted by Crippen LogP contribution is -2.12. The van der Waals surface area contributed by atoms with E-state index in [1.54, 1.807) is 29.8 Å². The second kappa shape index (κ2) is 6.98. The van der Waals surface area contributed by atoms with Crippen molar-refractivity contribution in [2.45, 2.75) is 13.0 Å². The third-order valence-electron chi connectivity index (χ3n) is 4.05. The van der Waals surface area contributed by atoms with Crippen molar-refractivity contribution in [2.24, 2.45) is 5.73 Å². The summed E-state index contributed by atoms with van der Waals surface area (Å²) in [5.74, 6) is 5.45. The molecule has 4 rings (SSSR count). The van der Waals surface area contributed by atoms with E-state index in [1.807, 2.05) is 30.3 Å². The number of aromatic nitrogens is 4. The minimum atomic E-state index is -1.16. The molecule has 2 aromatic carbocycles. The Kier molecular flexibility index (Phi) is 4.35. The number of primary amides is 1. The highest BCUT2D eigenvalue weighted by atomic mass is 16.5. The Labute approximate surface area is 159 Å². The van der Waals surface area contributed by atoms with Gasteiger partial charge in [0.2, 0.25) is 11.7 Å². The Balaban J connectivity index is 1.72. The van der Waals surface area contributed by atoms with Crippen LogP contribution in [0.2, 0.25) is 0 Å². The quantitative estimate of drug-likeness (QED) is 0.529. The first-order valence-corrected chi connectivity index (χ1v) is 8.41. The van der Waals surface area contributed by atoms with Gasteiger partial charge < -0.3 is 15.4 Å². The predicted octanol–water partition coefficient (Wildman–Crippen LogP) is 1.90. The number of aliphatic hydroxyl groups excluding tert-OH is 1. The van der Waals surface area contributed by atoms with Crippen molar-refractivity contribution in [3.05, 3.63) is 71.5 Å². The van der Waals surface area contributed by atoms with Gasteiger partial charge in [0.05, 0.1) is 11.2 Å². The van der Waals surface area contributed by atoms with Crippen LogP contribution in [0.1, 0.15) is 33.9 Å². The Morgan fingerprint density at radius 2 is 2.07 bits per heavy atom. The molecule has 0 spiro atoms. The van der Waals surface area contributed by atoms with Crippen molar-refractivity contribution in [1.29, 1.82) is 0 Å². The summed E-state index contributed by atoms with van der Waals surface area (Å²) in [5, 5.41) is 18.7. The lowest BCUT2D eigenvalue weighted by atomic mass is 10.1.